The van der Waals surface area contributed by atoms with Gasteiger partial charge in [-0.15, -0.1) is 0 Å². The van der Waals surface area contributed by atoms with Gasteiger partial charge in [0.05, 0.1) is 23.9 Å². The minimum Gasteiger partial charge on any atom is -0.426 e. The minimum atomic E-state index is -0.628. The van der Waals surface area contributed by atoms with E-state index in [1.807, 2.05) is 42.5 Å². The number of methoxy groups -OCH3 is 1. The molecule has 0 saturated carbocycles. The topological polar surface area (TPSA) is 110 Å². The van der Waals surface area contributed by atoms with E-state index in [9.17, 15) is 24.0 Å². The van der Waals surface area contributed by atoms with Crippen molar-refractivity contribution in [2.45, 2.75) is 18.9 Å². The number of amides is 4. The van der Waals surface area contributed by atoms with Crippen molar-refractivity contribution in [3.05, 3.63) is 143 Å². The summed E-state index contributed by atoms with van der Waals surface area (Å²) in [4.78, 5) is 70.6. The smallest absolute Gasteiger partial charge is 0.313 e. The number of rotatable bonds is 8. The van der Waals surface area contributed by atoms with E-state index < -0.39 is 35.7 Å². The van der Waals surface area contributed by atoms with Crippen LogP contribution in [0.3, 0.4) is 0 Å². The molecule has 0 saturated heterocycles. The standard InChI is InChI=1S/C40H28N2O7/c1-48-33(25-9-4-5-10-25)22-34(43)49-28-12-6-11-27(21-28)42-39(46)31-19-17-29-35-30(18-20-32(36(31)35)40(42)47)38(45)41(37(29)44)26-15-13-24(14-16-26)23-7-2-3-8-23/h2,4-21,25,33H,3,22H2,1H3. The van der Waals surface area contributed by atoms with Crippen LogP contribution in [-0.4, -0.2) is 42.8 Å². The Morgan fingerprint density at radius 2 is 1.33 bits per heavy atom. The first-order valence-electron chi connectivity index (χ1n) is 15.9. The van der Waals surface area contributed by atoms with Crippen LogP contribution in [0.5, 0.6) is 5.75 Å². The van der Waals surface area contributed by atoms with Gasteiger partial charge in [0.2, 0.25) is 0 Å². The predicted octanol–water partition coefficient (Wildman–Crippen LogP) is 6.84. The number of carbonyl (C=O) groups is 5. The van der Waals surface area contributed by atoms with Gasteiger partial charge in [0.1, 0.15) is 5.75 Å². The summed E-state index contributed by atoms with van der Waals surface area (Å²) in [6.07, 6.45) is 14.3. The van der Waals surface area contributed by atoms with Gasteiger partial charge < -0.3 is 9.47 Å². The van der Waals surface area contributed by atoms with E-state index >= 15 is 0 Å². The Morgan fingerprint density at radius 3 is 1.86 bits per heavy atom. The van der Waals surface area contributed by atoms with Gasteiger partial charge in [0.25, 0.3) is 23.6 Å². The second-order valence-electron chi connectivity index (χ2n) is 12.1. The van der Waals surface area contributed by atoms with Crippen molar-refractivity contribution in [3.8, 4) is 5.75 Å². The zero-order valence-corrected chi connectivity index (χ0v) is 26.3. The molecule has 0 N–H and O–H groups in total. The van der Waals surface area contributed by atoms with Gasteiger partial charge in [-0.2, -0.15) is 0 Å². The van der Waals surface area contributed by atoms with Gasteiger partial charge >= 0.3 is 5.97 Å². The first-order valence-corrected chi connectivity index (χ1v) is 15.9. The maximum absolute atomic E-state index is 14.0. The summed E-state index contributed by atoms with van der Waals surface area (Å²) in [6, 6.07) is 19.5. The second-order valence-corrected chi connectivity index (χ2v) is 12.1. The Kier molecular flexibility index (Phi) is 7.27. The third-order valence-electron chi connectivity index (χ3n) is 9.31. The molecule has 4 aliphatic rings. The zero-order chi connectivity index (χ0) is 33.8. The van der Waals surface area contributed by atoms with Gasteiger partial charge in [-0.05, 0) is 66.1 Å². The van der Waals surface area contributed by atoms with Crippen molar-refractivity contribution >= 4 is 57.3 Å². The minimum absolute atomic E-state index is 0.00224. The fourth-order valence-electron chi connectivity index (χ4n) is 6.92. The molecule has 0 bridgehead atoms. The Balaban J connectivity index is 1.09. The quantitative estimate of drug-likeness (QED) is 0.117. The first kappa shape index (κ1) is 30.2. The fourth-order valence-corrected chi connectivity index (χ4v) is 6.92. The number of anilines is 2. The van der Waals surface area contributed by atoms with Crippen molar-refractivity contribution in [2.24, 2.45) is 5.92 Å². The summed E-state index contributed by atoms with van der Waals surface area (Å²) in [5.74, 6) is -2.75. The van der Waals surface area contributed by atoms with Crippen molar-refractivity contribution in [3.63, 3.8) is 0 Å². The molecule has 1 atom stereocenters. The van der Waals surface area contributed by atoms with Crippen LogP contribution in [0, 0.1) is 5.92 Å². The monoisotopic (exact) mass is 648 g/mol. The Labute approximate surface area is 281 Å². The van der Waals surface area contributed by atoms with Crippen molar-refractivity contribution in [2.75, 3.05) is 16.9 Å². The number of imide groups is 2. The molecule has 4 amide bonds. The third kappa shape index (κ3) is 4.94. The lowest BCUT2D eigenvalue weighted by atomic mass is 9.85. The van der Waals surface area contributed by atoms with Gasteiger partial charge in [-0.3, -0.25) is 24.0 Å². The molecular weight excluding hydrogens is 620 g/mol. The molecule has 49 heavy (non-hydrogen) atoms. The van der Waals surface area contributed by atoms with Crippen LogP contribution in [0.2, 0.25) is 0 Å². The molecule has 1 unspecified atom stereocenters. The highest BCUT2D eigenvalue weighted by Gasteiger charge is 2.41. The number of hydrogen-bond acceptors (Lipinski definition) is 7. The molecule has 9 heteroatoms. The summed E-state index contributed by atoms with van der Waals surface area (Å²) in [5, 5.41) is 0.545. The summed E-state index contributed by atoms with van der Waals surface area (Å²) < 4.78 is 11.1. The Hall–Kier alpha value is -6.19. The predicted molar refractivity (Wildman–Crippen MR) is 184 cm³/mol. The number of allylic oxidation sites excluding steroid dienone is 6. The third-order valence-corrected chi connectivity index (χ3v) is 9.31. The van der Waals surface area contributed by atoms with E-state index in [1.54, 1.807) is 30.3 Å². The van der Waals surface area contributed by atoms with Crippen molar-refractivity contribution in [1.82, 2.24) is 0 Å². The van der Waals surface area contributed by atoms with Crippen LogP contribution >= 0.6 is 0 Å². The van der Waals surface area contributed by atoms with Gasteiger partial charge in [0, 0.05) is 52.1 Å². The molecule has 4 aromatic rings. The number of benzene rings is 4. The molecule has 0 radical (unpaired) electrons. The number of ether oxygens (including phenoxy) is 2. The van der Waals surface area contributed by atoms with Crippen LogP contribution in [0.15, 0.2) is 115 Å². The number of nitrogens with zero attached hydrogens (tertiary/aromatic N) is 2. The highest BCUT2D eigenvalue weighted by atomic mass is 16.5. The maximum atomic E-state index is 14.0. The molecule has 0 fully saturated rings. The summed E-state index contributed by atoms with van der Waals surface area (Å²) in [7, 11) is 1.53. The van der Waals surface area contributed by atoms with Gasteiger partial charge in [-0.1, -0.05) is 60.7 Å². The molecule has 2 aliphatic carbocycles. The molecule has 0 aromatic heterocycles. The maximum Gasteiger partial charge on any atom is 0.313 e. The van der Waals surface area contributed by atoms with E-state index in [4.69, 9.17) is 9.47 Å². The molecule has 0 spiro atoms. The molecule has 2 heterocycles. The molecule has 4 aromatic carbocycles. The SMILES string of the molecule is COC(CC(=O)Oc1cccc(N2C(=O)c3ccc4c5c(ccc(c35)C2=O)C(=O)N(c2ccc(C3=CCC=C3)cc2)C4=O)c1)C1C=CC=C1. The number of hydrogen-bond donors (Lipinski definition) is 0. The van der Waals surface area contributed by atoms with E-state index in [0.29, 0.717) is 5.69 Å². The molecule has 9 nitrogen and oxygen atoms in total. The normalized spacial score (nSPS) is 17.0. The second kappa shape index (κ2) is 11.8. The van der Waals surface area contributed by atoms with Crippen molar-refractivity contribution in [1.29, 1.82) is 0 Å². The Bertz CT molecular complexity index is 2180. The number of carbonyl (C=O) groups excluding carboxylic acids is 5. The molecule has 8 rings (SSSR count). The summed E-state index contributed by atoms with van der Waals surface area (Å²) in [5.41, 5.74) is 3.48. The van der Waals surface area contributed by atoms with Crippen LogP contribution < -0.4 is 14.5 Å². The van der Waals surface area contributed by atoms with Crippen LogP contribution in [0.4, 0.5) is 11.4 Å². The lowest BCUT2D eigenvalue weighted by Crippen LogP contribution is -2.43. The van der Waals surface area contributed by atoms with Crippen LogP contribution in [-0.2, 0) is 9.53 Å². The lowest BCUT2D eigenvalue weighted by molar-refractivity contribution is -0.137. The van der Waals surface area contributed by atoms with E-state index in [-0.39, 0.29) is 56.8 Å². The molecular formula is C40H28N2O7. The van der Waals surface area contributed by atoms with E-state index in [2.05, 4.69) is 12.2 Å². The summed E-state index contributed by atoms with van der Waals surface area (Å²) >= 11 is 0. The largest absolute Gasteiger partial charge is 0.426 e. The van der Waals surface area contributed by atoms with E-state index in [1.165, 1.54) is 37.4 Å². The average molecular weight is 649 g/mol. The van der Waals surface area contributed by atoms with Gasteiger partial charge in [-0.25, -0.2) is 9.80 Å². The van der Waals surface area contributed by atoms with Crippen molar-refractivity contribution < 1.29 is 33.4 Å². The zero-order valence-electron chi connectivity index (χ0n) is 26.3. The average Bonchev–Trinajstić information content (AvgIpc) is 3.85. The highest BCUT2D eigenvalue weighted by Crippen LogP contribution is 2.40. The highest BCUT2D eigenvalue weighted by molar-refractivity contribution is 6.42. The Morgan fingerprint density at radius 1 is 0.755 bits per heavy atom. The number of esters is 1. The molecule has 240 valence electrons. The molecule has 2 aliphatic heterocycles. The fraction of sp³-hybridized carbons (Fsp3) is 0.125. The first-order chi connectivity index (χ1) is 23.8. The summed E-state index contributed by atoms with van der Waals surface area (Å²) in [6.45, 7) is 0. The lowest BCUT2D eigenvalue weighted by Gasteiger charge is -2.32. The van der Waals surface area contributed by atoms with Crippen LogP contribution in [0.1, 0.15) is 59.8 Å². The van der Waals surface area contributed by atoms with E-state index in [0.717, 1.165) is 27.4 Å². The van der Waals surface area contributed by atoms with Crippen LogP contribution in [0.25, 0.3) is 16.3 Å². The van der Waals surface area contributed by atoms with Gasteiger partial charge in [0.15, 0.2) is 0 Å².